The van der Waals surface area contributed by atoms with Crippen molar-refractivity contribution in [3.8, 4) is 11.1 Å². The summed E-state index contributed by atoms with van der Waals surface area (Å²) < 4.78 is 0. The van der Waals surface area contributed by atoms with E-state index in [1.807, 2.05) is 0 Å². The van der Waals surface area contributed by atoms with Crippen LogP contribution in [0.2, 0.25) is 0 Å². The first-order chi connectivity index (χ1) is 13.4. The number of hydrogen-bond donors (Lipinski definition) is 0. The van der Waals surface area contributed by atoms with Gasteiger partial charge in [-0.15, -0.1) is 0 Å². The number of nitrogens with zero attached hydrogens (tertiary/aromatic N) is 1. The summed E-state index contributed by atoms with van der Waals surface area (Å²) in [5.41, 5.74) is 7.49. The maximum atomic E-state index is 2.63. The molecule has 0 aliphatic carbocycles. The van der Waals surface area contributed by atoms with Crippen molar-refractivity contribution in [3.63, 3.8) is 0 Å². The molecular formula is C26H23N. The van der Waals surface area contributed by atoms with Gasteiger partial charge in [0, 0.05) is 18.8 Å². The Morgan fingerprint density at radius 3 is 1.78 bits per heavy atom. The molecule has 0 unspecified atom stereocenters. The van der Waals surface area contributed by atoms with Crippen molar-refractivity contribution in [1.29, 1.82) is 0 Å². The number of benzene rings is 4. The summed E-state index contributed by atoms with van der Waals surface area (Å²) in [5.74, 6) is 0. The summed E-state index contributed by atoms with van der Waals surface area (Å²) in [6.07, 6.45) is 5.00. The number of anilines is 1. The van der Waals surface area contributed by atoms with Crippen LogP contribution in [0.4, 0.5) is 5.69 Å². The summed E-state index contributed by atoms with van der Waals surface area (Å²) in [7, 11) is 0. The Kier molecular flexibility index (Phi) is 3.31. The first kappa shape index (κ1) is 15.3. The lowest BCUT2D eigenvalue weighted by molar-refractivity contribution is 0.634. The zero-order valence-corrected chi connectivity index (χ0v) is 15.5. The predicted molar refractivity (Wildman–Crippen MR) is 116 cm³/mol. The monoisotopic (exact) mass is 349 g/mol. The average molecular weight is 349 g/mol. The molecule has 0 bridgehead atoms. The lowest BCUT2D eigenvalue weighted by Crippen LogP contribution is -2.34. The Bertz CT molecular complexity index is 1100. The minimum atomic E-state index is 1.22. The van der Waals surface area contributed by atoms with Crippen molar-refractivity contribution in [2.45, 2.75) is 25.7 Å². The Morgan fingerprint density at radius 1 is 0.630 bits per heavy atom. The molecule has 0 radical (unpaired) electrons. The van der Waals surface area contributed by atoms with E-state index in [9.17, 15) is 0 Å². The van der Waals surface area contributed by atoms with E-state index >= 15 is 0 Å². The van der Waals surface area contributed by atoms with Crippen LogP contribution in [0.1, 0.15) is 24.0 Å². The molecular weight excluding hydrogens is 326 g/mol. The van der Waals surface area contributed by atoms with Crippen LogP contribution in [0.15, 0.2) is 66.7 Å². The lowest BCUT2D eigenvalue weighted by Gasteiger charge is -2.37. The lowest BCUT2D eigenvalue weighted by atomic mass is 9.85. The maximum absolute atomic E-state index is 2.63. The van der Waals surface area contributed by atoms with E-state index in [0.29, 0.717) is 0 Å². The Balaban J connectivity index is 1.70. The van der Waals surface area contributed by atoms with E-state index in [2.05, 4.69) is 71.6 Å². The number of aryl methyl sites for hydroxylation is 2. The fourth-order valence-electron chi connectivity index (χ4n) is 5.27. The third-order valence-electron chi connectivity index (χ3n) is 6.39. The Labute approximate surface area is 160 Å². The van der Waals surface area contributed by atoms with Crippen LogP contribution < -0.4 is 4.90 Å². The number of fused-ring (bicyclic) bond motifs is 2. The summed E-state index contributed by atoms with van der Waals surface area (Å²) in [5, 5.41) is 5.40. The summed E-state index contributed by atoms with van der Waals surface area (Å²) in [4.78, 5) is 2.63. The molecule has 4 aromatic rings. The van der Waals surface area contributed by atoms with Gasteiger partial charge in [-0.2, -0.15) is 0 Å². The highest BCUT2D eigenvalue weighted by Gasteiger charge is 2.25. The van der Waals surface area contributed by atoms with E-state index in [1.165, 1.54) is 71.4 Å². The number of hydrogen-bond acceptors (Lipinski definition) is 1. The van der Waals surface area contributed by atoms with Crippen LogP contribution in [0.25, 0.3) is 32.7 Å². The smallest absolute Gasteiger partial charge is 0.0431 e. The van der Waals surface area contributed by atoms with Crippen molar-refractivity contribution < 1.29 is 0 Å². The van der Waals surface area contributed by atoms with Gasteiger partial charge in [-0.3, -0.25) is 0 Å². The topological polar surface area (TPSA) is 3.24 Å². The molecule has 0 saturated carbocycles. The predicted octanol–water partition coefficient (Wildman–Crippen LogP) is 6.36. The van der Waals surface area contributed by atoms with Gasteiger partial charge in [-0.1, -0.05) is 48.5 Å². The number of rotatable bonds is 1. The van der Waals surface area contributed by atoms with E-state index < -0.39 is 0 Å². The second-order valence-corrected chi connectivity index (χ2v) is 8.03. The van der Waals surface area contributed by atoms with Gasteiger partial charge in [-0.25, -0.2) is 0 Å². The van der Waals surface area contributed by atoms with Gasteiger partial charge in [-0.05, 0) is 87.7 Å². The van der Waals surface area contributed by atoms with Crippen molar-refractivity contribution in [2.24, 2.45) is 0 Å². The summed E-state index contributed by atoms with van der Waals surface area (Å²) in [6.45, 7) is 2.47. The first-order valence-electron chi connectivity index (χ1n) is 10.2. The molecule has 0 atom stereocenters. The van der Waals surface area contributed by atoms with Gasteiger partial charge in [0.2, 0.25) is 0 Å². The fourth-order valence-corrected chi connectivity index (χ4v) is 5.27. The van der Waals surface area contributed by atoms with Crippen LogP contribution >= 0.6 is 0 Å². The minimum Gasteiger partial charge on any atom is -0.371 e. The minimum absolute atomic E-state index is 1.22. The molecule has 0 aromatic heterocycles. The van der Waals surface area contributed by atoms with E-state index in [-0.39, 0.29) is 0 Å². The van der Waals surface area contributed by atoms with Crippen molar-refractivity contribution in [3.05, 3.63) is 77.9 Å². The van der Waals surface area contributed by atoms with Crippen LogP contribution in [0.3, 0.4) is 0 Å². The largest absolute Gasteiger partial charge is 0.371 e. The van der Waals surface area contributed by atoms with Crippen molar-refractivity contribution >= 4 is 27.2 Å². The molecule has 4 aromatic carbocycles. The van der Waals surface area contributed by atoms with E-state index in [1.54, 1.807) is 16.8 Å². The highest BCUT2D eigenvalue weighted by molar-refractivity contribution is 6.12. The zero-order valence-electron chi connectivity index (χ0n) is 15.5. The SMILES string of the molecule is c1ccc2c(-c3cc4c5c(c3)CCCN5CCC4)c3ccccc3cc2c1. The van der Waals surface area contributed by atoms with Crippen LogP contribution in [0, 0.1) is 0 Å². The van der Waals surface area contributed by atoms with Gasteiger partial charge in [0.25, 0.3) is 0 Å². The second-order valence-electron chi connectivity index (χ2n) is 8.03. The standard InChI is InChI=1S/C26H23N/c1-3-11-23-18(7-1)15-19-8-2-4-12-24(19)25(23)22-16-20-9-5-13-27-14-6-10-21(17-22)26(20)27/h1-4,7-8,11-12,15-17H,5-6,9-10,13-14H2. The van der Waals surface area contributed by atoms with Crippen LogP contribution in [-0.4, -0.2) is 13.1 Å². The average Bonchev–Trinajstić information content (AvgIpc) is 2.72. The van der Waals surface area contributed by atoms with Crippen LogP contribution in [0.5, 0.6) is 0 Å². The first-order valence-corrected chi connectivity index (χ1v) is 10.2. The zero-order chi connectivity index (χ0) is 17.8. The molecule has 2 heterocycles. The quantitative estimate of drug-likeness (QED) is 0.361. The summed E-state index contributed by atoms with van der Waals surface area (Å²) in [6, 6.07) is 25.0. The van der Waals surface area contributed by atoms with Gasteiger partial charge in [0.05, 0.1) is 0 Å². The molecule has 6 rings (SSSR count). The molecule has 0 amide bonds. The third kappa shape index (κ3) is 2.31. The van der Waals surface area contributed by atoms with E-state index in [4.69, 9.17) is 0 Å². The highest BCUT2D eigenvalue weighted by Crippen LogP contribution is 2.42. The van der Waals surface area contributed by atoms with Gasteiger partial charge < -0.3 is 4.90 Å². The molecule has 2 aliphatic rings. The molecule has 0 fully saturated rings. The third-order valence-corrected chi connectivity index (χ3v) is 6.39. The van der Waals surface area contributed by atoms with Crippen molar-refractivity contribution in [1.82, 2.24) is 0 Å². The molecule has 1 heteroatoms. The summed E-state index contributed by atoms with van der Waals surface area (Å²) >= 11 is 0. The second kappa shape index (κ2) is 5.85. The fraction of sp³-hybridized carbons (Fsp3) is 0.231. The highest BCUT2D eigenvalue weighted by atomic mass is 15.1. The molecule has 2 aliphatic heterocycles. The van der Waals surface area contributed by atoms with Crippen molar-refractivity contribution in [2.75, 3.05) is 18.0 Å². The molecule has 132 valence electrons. The molecule has 1 nitrogen and oxygen atoms in total. The molecule has 0 spiro atoms. The van der Waals surface area contributed by atoms with Gasteiger partial charge in [0.15, 0.2) is 0 Å². The Morgan fingerprint density at radius 2 is 1.19 bits per heavy atom. The van der Waals surface area contributed by atoms with Gasteiger partial charge >= 0.3 is 0 Å². The molecule has 27 heavy (non-hydrogen) atoms. The maximum Gasteiger partial charge on any atom is 0.0431 e. The van der Waals surface area contributed by atoms with E-state index in [0.717, 1.165) is 0 Å². The van der Waals surface area contributed by atoms with Crippen LogP contribution in [-0.2, 0) is 12.8 Å². The molecule has 0 N–H and O–H groups in total. The van der Waals surface area contributed by atoms with Gasteiger partial charge in [0.1, 0.15) is 0 Å². The molecule has 0 saturated heterocycles. The Hall–Kier alpha value is -2.80. The normalized spacial score (nSPS) is 15.9.